The smallest absolute Gasteiger partial charge is 0.0230 e. The number of unbranched alkanes of at least 4 members (excludes halogenated alkanes) is 5. The Kier molecular flexibility index (Phi) is 10.0. The maximum atomic E-state index is 2.44. The van der Waals surface area contributed by atoms with Crippen molar-refractivity contribution in [2.45, 2.75) is 71.6 Å². The zero-order valence-electron chi connectivity index (χ0n) is 13.5. The predicted octanol–water partition coefficient (Wildman–Crippen LogP) is 6.87. The summed E-state index contributed by atoms with van der Waals surface area (Å²) in [6.45, 7) is 4.58. The first kappa shape index (κ1) is 17.0. The zero-order valence-corrected chi connectivity index (χ0v) is 13.5. The van der Waals surface area contributed by atoms with Crippen LogP contribution in [-0.4, -0.2) is 0 Å². The summed E-state index contributed by atoms with van der Waals surface area (Å²) in [4.78, 5) is 0. The monoisotopic (exact) mass is 272 g/mol. The van der Waals surface area contributed by atoms with Crippen molar-refractivity contribution in [2.75, 3.05) is 0 Å². The van der Waals surface area contributed by atoms with Crippen LogP contribution in [0.1, 0.15) is 77.2 Å². The summed E-state index contributed by atoms with van der Waals surface area (Å²) in [5.41, 5.74) is 1.33. The fourth-order valence-corrected chi connectivity index (χ4v) is 2.71. The van der Waals surface area contributed by atoms with Crippen LogP contribution in [0.3, 0.4) is 0 Å². The van der Waals surface area contributed by atoms with Crippen LogP contribution in [0.5, 0.6) is 0 Å². The third-order valence-corrected chi connectivity index (χ3v) is 3.95. The summed E-state index contributed by atoms with van der Waals surface area (Å²) in [5, 5.41) is 0. The normalized spacial score (nSPS) is 12.9. The standard InChI is InChI=1S/C20H32/c1-3-5-6-7-8-10-14-19(13-4-2)17-18-20-15-11-9-12-16-20/h9,11-12,15-19H,3-8,10,13-14H2,1-2H3. The Hall–Kier alpha value is -1.04. The molecule has 1 atom stereocenters. The van der Waals surface area contributed by atoms with Crippen LogP contribution in [0, 0.1) is 5.92 Å². The summed E-state index contributed by atoms with van der Waals surface area (Å²) in [7, 11) is 0. The average molecular weight is 272 g/mol. The van der Waals surface area contributed by atoms with Gasteiger partial charge in [0.2, 0.25) is 0 Å². The molecule has 0 saturated heterocycles. The highest BCUT2D eigenvalue weighted by atomic mass is 14.1. The van der Waals surface area contributed by atoms with E-state index in [1.165, 1.54) is 63.4 Å². The minimum absolute atomic E-state index is 0.770. The van der Waals surface area contributed by atoms with Gasteiger partial charge in [0.05, 0.1) is 0 Å². The Morgan fingerprint density at radius 1 is 0.800 bits per heavy atom. The number of allylic oxidation sites excluding steroid dienone is 1. The number of benzene rings is 1. The summed E-state index contributed by atoms with van der Waals surface area (Å²) in [5.74, 6) is 0.770. The molecule has 0 saturated carbocycles. The predicted molar refractivity (Wildman–Crippen MR) is 91.9 cm³/mol. The summed E-state index contributed by atoms with van der Waals surface area (Å²) < 4.78 is 0. The highest BCUT2D eigenvalue weighted by Crippen LogP contribution is 2.19. The van der Waals surface area contributed by atoms with Crippen LogP contribution in [0.15, 0.2) is 36.4 Å². The molecule has 0 aliphatic rings. The number of rotatable bonds is 11. The van der Waals surface area contributed by atoms with Gasteiger partial charge in [-0.25, -0.2) is 0 Å². The minimum Gasteiger partial charge on any atom is -0.0808 e. The molecule has 1 unspecified atom stereocenters. The Labute approximate surface area is 126 Å². The van der Waals surface area contributed by atoms with Gasteiger partial charge in [-0.15, -0.1) is 0 Å². The van der Waals surface area contributed by atoms with Gasteiger partial charge < -0.3 is 0 Å². The number of hydrogen-bond acceptors (Lipinski definition) is 0. The van der Waals surface area contributed by atoms with E-state index < -0.39 is 0 Å². The fourth-order valence-electron chi connectivity index (χ4n) is 2.71. The Morgan fingerprint density at radius 3 is 2.20 bits per heavy atom. The molecule has 1 aromatic carbocycles. The van der Waals surface area contributed by atoms with Crippen LogP contribution in [-0.2, 0) is 0 Å². The molecule has 0 aromatic heterocycles. The van der Waals surface area contributed by atoms with Crippen LogP contribution in [0.4, 0.5) is 0 Å². The second-order valence-electron chi connectivity index (χ2n) is 5.87. The van der Waals surface area contributed by atoms with Crippen LogP contribution in [0.25, 0.3) is 6.08 Å². The summed E-state index contributed by atoms with van der Waals surface area (Å²) >= 11 is 0. The third-order valence-electron chi connectivity index (χ3n) is 3.95. The van der Waals surface area contributed by atoms with Gasteiger partial charge in [-0.3, -0.25) is 0 Å². The Morgan fingerprint density at radius 2 is 1.50 bits per heavy atom. The SMILES string of the molecule is CCCCCCCCC(C=Cc1ccccc1)CCC. The molecule has 0 fully saturated rings. The molecule has 0 N–H and O–H groups in total. The molecule has 0 heteroatoms. The van der Waals surface area contributed by atoms with Crippen molar-refractivity contribution in [1.29, 1.82) is 0 Å². The highest BCUT2D eigenvalue weighted by Gasteiger charge is 2.03. The van der Waals surface area contributed by atoms with Gasteiger partial charge in [0.15, 0.2) is 0 Å². The quantitative estimate of drug-likeness (QED) is 0.386. The van der Waals surface area contributed by atoms with Crippen LogP contribution in [0.2, 0.25) is 0 Å². The molecule has 0 aliphatic heterocycles. The first-order valence-electron chi connectivity index (χ1n) is 8.60. The molecule has 0 nitrogen and oxygen atoms in total. The van der Waals surface area contributed by atoms with E-state index in [-0.39, 0.29) is 0 Å². The van der Waals surface area contributed by atoms with Crippen LogP contribution < -0.4 is 0 Å². The van der Waals surface area contributed by atoms with Crippen molar-refractivity contribution in [1.82, 2.24) is 0 Å². The van der Waals surface area contributed by atoms with Crippen molar-refractivity contribution >= 4 is 6.08 Å². The van der Waals surface area contributed by atoms with Crippen molar-refractivity contribution in [2.24, 2.45) is 5.92 Å². The van der Waals surface area contributed by atoms with E-state index in [0.717, 1.165) is 5.92 Å². The summed E-state index contributed by atoms with van der Waals surface area (Å²) in [6.07, 6.45) is 17.1. The lowest BCUT2D eigenvalue weighted by Gasteiger charge is -2.11. The van der Waals surface area contributed by atoms with Gasteiger partial charge in [0.1, 0.15) is 0 Å². The van der Waals surface area contributed by atoms with Crippen molar-refractivity contribution in [3.8, 4) is 0 Å². The molecule has 0 spiro atoms. The van der Waals surface area contributed by atoms with Crippen LogP contribution >= 0.6 is 0 Å². The highest BCUT2D eigenvalue weighted by molar-refractivity contribution is 5.48. The van der Waals surface area contributed by atoms with Gasteiger partial charge in [0.25, 0.3) is 0 Å². The van der Waals surface area contributed by atoms with Gasteiger partial charge in [-0.05, 0) is 24.3 Å². The molecule has 0 amide bonds. The second-order valence-corrected chi connectivity index (χ2v) is 5.87. The van der Waals surface area contributed by atoms with Gasteiger partial charge >= 0.3 is 0 Å². The Bertz CT molecular complexity index is 336. The third kappa shape index (κ3) is 8.19. The molecule has 1 aromatic rings. The number of hydrogen-bond donors (Lipinski definition) is 0. The summed E-state index contributed by atoms with van der Waals surface area (Å²) in [6, 6.07) is 10.7. The van der Waals surface area contributed by atoms with Crippen molar-refractivity contribution in [3.05, 3.63) is 42.0 Å². The average Bonchev–Trinajstić information content (AvgIpc) is 2.49. The lowest BCUT2D eigenvalue weighted by atomic mass is 9.95. The van der Waals surface area contributed by atoms with E-state index >= 15 is 0 Å². The van der Waals surface area contributed by atoms with E-state index in [0.29, 0.717) is 0 Å². The lowest BCUT2D eigenvalue weighted by molar-refractivity contribution is 0.491. The zero-order chi connectivity index (χ0) is 14.5. The van der Waals surface area contributed by atoms with Gasteiger partial charge in [-0.2, -0.15) is 0 Å². The molecule has 0 bridgehead atoms. The van der Waals surface area contributed by atoms with E-state index in [4.69, 9.17) is 0 Å². The largest absolute Gasteiger partial charge is 0.0808 e. The molecule has 0 aliphatic carbocycles. The van der Waals surface area contributed by atoms with Crippen molar-refractivity contribution in [3.63, 3.8) is 0 Å². The molecule has 20 heavy (non-hydrogen) atoms. The fraction of sp³-hybridized carbons (Fsp3) is 0.600. The first-order chi connectivity index (χ1) is 9.86. The maximum absolute atomic E-state index is 2.44. The second kappa shape index (κ2) is 11.8. The maximum Gasteiger partial charge on any atom is -0.0230 e. The van der Waals surface area contributed by atoms with Gasteiger partial charge in [0, 0.05) is 0 Å². The first-order valence-corrected chi connectivity index (χ1v) is 8.60. The minimum atomic E-state index is 0.770. The van der Waals surface area contributed by atoms with Crippen molar-refractivity contribution < 1.29 is 0 Å². The molecule has 112 valence electrons. The molecule has 0 heterocycles. The molecule has 1 rings (SSSR count). The molecular weight excluding hydrogens is 240 g/mol. The topological polar surface area (TPSA) is 0 Å². The van der Waals surface area contributed by atoms with E-state index in [1.54, 1.807) is 0 Å². The lowest BCUT2D eigenvalue weighted by Crippen LogP contribution is -1.96. The molecule has 0 radical (unpaired) electrons. The Balaban J connectivity index is 2.27. The molecular formula is C20H32. The van der Waals surface area contributed by atoms with E-state index in [1.807, 2.05) is 0 Å². The van der Waals surface area contributed by atoms with Gasteiger partial charge in [-0.1, -0.05) is 101 Å². The van der Waals surface area contributed by atoms with E-state index in [2.05, 4.69) is 56.3 Å². The van der Waals surface area contributed by atoms with E-state index in [9.17, 15) is 0 Å².